The third kappa shape index (κ3) is 3.47. The Bertz CT molecular complexity index is 422. The van der Waals surface area contributed by atoms with E-state index >= 15 is 0 Å². The Morgan fingerprint density at radius 3 is 2.39 bits per heavy atom. The van der Waals surface area contributed by atoms with Gasteiger partial charge < -0.3 is 10.4 Å². The molecule has 1 aromatic carbocycles. The number of carboxylic acids is 1. The van der Waals surface area contributed by atoms with Gasteiger partial charge in [-0.15, -0.1) is 11.6 Å². The van der Waals surface area contributed by atoms with Gasteiger partial charge in [-0.2, -0.15) is 0 Å². The fraction of sp³-hybridized carbons (Fsp3) is 0.385. The summed E-state index contributed by atoms with van der Waals surface area (Å²) in [4.78, 5) is 22.8. The molecule has 18 heavy (non-hydrogen) atoms. The summed E-state index contributed by atoms with van der Waals surface area (Å²) in [5.41, 5.74) is -0.440. The SMILES string of the molecule is CC[C@](Cc1ccccc1)(NC(=O)CCl)C(=O)O. The average molecular weight is 270 g/mol. The molecule has 1 rings (SSSR count). The Labute approximate surface area is 111 Å². The summed E-state index contributed by atoms with van der Waals surface area (Å²) in [5.74, 6) is -1.77. The number of benzene rings is 1. The zero-order valence-corrected chi connectivity index (χ0v) is 10.9. The van der Waals surface area contributed by atoms with Gasteiger partial charge in [-0.25, -0.2) is 4.79 Å². The summed E-state index contributed by atoms with van der Waals surface area (Å²) in [5, 5.41) is 11.9. The van der Waals surface area contributed by atoms with Crippen molar-refractivity contribution >= 4 is 23.5 Å². The Balaban J connectivity index is 2.97. The van der Waals surface area contributed by atoms with Gasteiger partial charge in [0.05, 0.1) is 0 Å². The van der Waals surface area contributed by atoms with Crippen molar-refractivity contribution in [3.05, 3.63) is 35.9 Å². The largest absolute Gasteiger partial charge is 0.479 e. The molecule has 2 N–H and O–H groups in total. The third-order valence-electron chi connectivity index (χ3n) is 2.86. The first-order valence-corrected chi connectivity index (χ1v) is 6.22. The smallest absolute Gasteiger partial charge is 0.329 e. The third-order valence-corrected chi connectivity index (χ3v) is 3.10. The first kappa shape index (κ1) is 14.5. The van der Waals surface area contributed by atoms with E-state index in [0.29, 0.717) is 6.42 Å². The number of carboxylic acid groups (broad SMARTS) is 1. The lowest BCUT2D eigenvalue weighted by Crippen LogP contribution is -2.56. The van der Waals surface area contributed by atoms with Crippen LogP contribution in [-0.4, -0.2) is 28.4 Å². The normalized spacial score (nSPS) is 13.7. The van der Waals surface area contributed by atoms with Gasteiger partial charge in [0.15, 0.2) is 0 Å². The van der Waals surface area contributed by atoms with Crippen LogP contribution in [0.3, 0.4) is 0 Å². The molecule has 0 heterocycles. The summed E-state index contributed by atoms with van der Waals surface area (Å²) in [6.45, 7) is 1.73. The van der Waals surface area contributed by atoms with Crippen LogP contribution in [0.1, 0.15) is 18.9 Å². The highest BCUT2D eigenvalue weighted by molar-refractivity contribution is 6.27. The van der Waals surface area contributed by atoms with Crippen molar-refractivity contribution in [3.63, 3.8) is 0 Å². The molecule has 0 spiro atoms. The standard InChI is InChI=1S/C13H16ClNO3/c1-2-13(12(17)18,15-11(16)9-14)8-10-6-4-3-5-7-10/h3-7H,2,8-9H2,1H3,(H,15,16)(H,17,18)/t13-/m1/s1. The zero-order chi connectivity index (χ0) is 13.6. The molecule has 0 aliphatic carbocycles. The van der Waals surface area contributed by atoms with Crippen molar-refractivity contribution in [1.82, 2.24) is 5.32 Å². The molecular weight excluding hydrogens is 254 g/mol. The number of hydrogen-bond donors (Lipinski definition) is 2. The van der Waals surface area contributed by atoms with Gasteiger partial charge in [0.1, 0.15) is 11.4 Å². The summed E-state index contributed by atoms with van der Waals surface area (Å²) < 4.78 is 0. The minimum absolute atomic E-state index is 0.238. The highest BCUT2D eigenvalue weighted by Crippen LogP contribution is 2.18. The molecule has 1 aromatic rings. The van der Waals surface area contributed by atoms with Crippen LogP contribution in [0.2, 0.25) is 0 Å². The van der Waals surface area contributed by atoms with Gasteiger partial charge in [-0.1, -0.05) is 37.3 Å². The lowest BCUT2D eigenvalue weighted by Gasteiger charge is -2.29. The van der Waals surface area contributed by atoms with Crippen LogP contribution in [0.25, 0.3) is 0 Å². The van der Waals surface area contributed by atoms with Crippen LogP contribution in [-0.2, 0) is 16.0 Å². The van der Waals surface area contributed by atoms with E-state index in [2.05, 4.69) is 5.32 Å². The van der Waals surface area contributed by atoms with E-state index in [1.54, 1.807) is 6.92 Å². The fourth-order valence-corrected chi connectivity index (χ4v) is 1.85. The molecule has 1 amide bonds. The number of aliphatic carboxylic acids is 1. The fourth-order valence-electron chi connectivity index (χ4n) is 1.78. The molecule has 0 aliphatic rings. The number of rotatable bonds is 6. The van der Waals surface area contributed by atoms with E-state index in [1.165, 1.54) is 0 Å². The molecule has 0 unspecified atom stereocenters. The van der Waals surface area contributed by atoms with Gasteiger partial charge >= 0.3 is 5.97 Å². The maximum Gasteiger partial charge on any atom is 0.329 e. The quantitative estimate of drug-likeness (QED) is 0.774. The number of amides is 1. The molecule has 0 bridgehead atoms. The predicted octanol–water partition coefficient (Wildman–Crippen LogP) is 1.82. The van der Waals surface area contributed by atoms with E-state index in [0.717, 1.165) is 5.56 Å². The minimum atomic E-state index is -1.30. The Hall–Kier alpha value is -1.55. The molecule has 4 nitrogen and oxygen atoms in total. The molecule has 5 heteroatoms. The van der Waals surface area contributed by atoms with Crippen LogP contribution in [0, 0.1) is 0 Å². The first-order chi connectivity index (χ1) is 8.54. The van der Waals surface area contributed by atoms with E-state index in [4.69, 9.17) is 11.6 Å². The number of nitrogens with one attached hydrogen (secondary N) is 1. The second kappa shape index (κ2) is 6.40. The summed E-state index contributed by atoms with van der Waals surface area (Å²) >= 11 is 5.42. The number of halogens is 1. The molecule has 0 saturated carbocycles. The average Bonchev–Trinajstić information content (AvgIpc) is 2.38. The van der Waals surface area contributed by atoms with E-state index in [9.17, 15) is 14.7 Å². The first-order valence-electron chi connectivity index (χ1n) is 5.68. The van der Waals surface area contributed by atoms with Crippen molar-refractivity contribution in [2.75, 3.05) is 5.88 Å². The summed E-state index contributed by atoms with van der Waals surface area (Å²) in [7, 11) is 0. The van der Waals surface area contributed by atoms with Crippen LogP contribution in [0.5, 0.6) is 0 Å². The maximum absolute atomic E-state index is 11.5. The maximum atomic E-state index is 11.5. The molecular formula is C13H16ClNO3. The van der Waals surface area contributed by atoms with E-state index in [-0.39, 0.29) is 12.3 Å². The van der Waals surface area contributed by atoms with Crippen LogP contribution >= 0.6 is 11.6 Å². The molecule has 0 aliphatic heterocycles. The molecule has 0 aromatic heterocycles. The second-order valence-corrected chi connectivity index (χ2v) is 4.35. The minimum Gasteiger partial charge on any atom is -0.479 e. The van der Waals surface area contributed by atoms with Crippen molar-refractivity contribution in [2.45, 2.75) is 25.3 Å². The van der Waals surface area contributed by atoms with Gasteiger partial charge in [0, 0.05) is 6.42 Å². The van der Waals surface area contributed by atoms with Gasteiger partial charge in [0.25, 0.3) is 0 Å². The molecule has 0 radical (unpaired) electrons. The summed E-state index contributed by atoms with van der Waals surface area (Å²) in [6, 6.07) is 9.19. The summed E-state index contributed by atoms with van der Waals surface area (Å²) in [6.07, 6.45) is 0.530. The number of hydrogen-bond acceptors (Lipinski definition) is 2. The van der Waals surface area contributed by atoms with E-state index < -0.39 is 17.4 Å². The Morgan fingerprint density at radius 2 is 1.94 bits per heavy atom. The van der Waals surface area contributed by atoms with Crippen LogP contribution in [0.4, 0.5) is 0 Å². The van der Waals surface area contributed by atoms with Gasteiger partial charge in [0.2, 0.25) is 5.91 Å². The van der Waals surface area contributed by atoms with E-state index in [1.807, 2.05) is 30.3 Å². The topological polar surface area (TPSA) is 66.4 Å². The Kier molecular flexibility index (Phi) is 5.16. The Morgan fingerprint density at radius 1 is 1.33 bits per heavy atom. The number of carbonyl (C=O) groups excluding carboxylic acids is 1. The molecule has 98 valence electrons. The molecule has 0 saturated heterocycles. The predicted molar refractivity (Wildman–Crippen MR) is 69.7 cm³/mol. The molecule has 0 fully saturated rings. The van der Waals surface area contributed by atoms with Crippen molar-refractivity contribution in [2.24, 2.45) is 0 Å². The lowest BCUT2D eigenvalue weighted by molar-refractivity contribution is -0.147. The molecule has 1 atom stereocenters. The van der Waals surface area contributed by atoms with Crippen molar-refractivity contribution in [3.8, 4) is 0 Å². The van der Waals surface area contributed by atoms with Crippen LogP contribution < -0.4 is 5.32 Å². The monoisotopic (exact) mass is 269 g/mol. The highest BCUT2D eigenvalue weighted by Gasteiger charge is 2.38. The highest BCUT2D eigenvalue weighted by atomic mass is 35.5. The second-order valence-electron chi connectivity index (χ2n) is 4.08. The zero-order valence-electron chi connectivity index (χ0n) is 10.1. The number of alkyl halides is 1. The lowest BCUT2D eigenvalue weighted by atomic mass is 9.88. The van der Waals surface area contributed by atoms with Gasteiger partial charge in [-0.3, -0.25) is 4.79 Å². The van der Waals surface area contributed by atoms with Crippen LogP contribution in [0.15, 0.2) is 30.3 Å². The van der Waals surface area contributed by atoms with Crippen molar-refractivity contribution < 1.29 is 14.7 Å². The van der Waals surface area contributed by atoms with Gasteiger partial charge in [-0.05, 0) is 12.0 Å². The number of carbonyl (C=O) groups is 2. The van der Waals surface area contributed by atoms with Crippen molar-refractivity contribution in [1.29, 1.82) is 0 Å².